The summed E-state index contributed by atoms with van der Waals surface area (Å²) < 4.78 is 2.06. The summed E-state index contributed by atoms with van der Waals surface area (Å²) in [6.07, 6.45) is 6.38. The predicted molar refractivity (Wildman–Crippen MR) is 89.7 cm³/mol. The second-order valence-corrected chi connectivity index (χ2v) is 5.58. The maximum atomic E-state index is 11.4. The lowest BCUT2D eigenvalue weighted by molar-refractivity contribution is 0.101. The van der Waals surface area contributed by atoms with Gasteiger partial charge >= 0.3 is 0 Å². The van der Waals surface area contributed by atoms with Crippen LogP contribution in [0, 0.1) is 0 Å². The lowest BCUT2D eigenvalue weighted by atomic mass is 10.0. The van der Waals surface area contributed by atoms with Gasteiger partial charge in [-0.3, -0.25) is 9.20 Å². The molecule has 4 rings (SSSR count). The summed E-state index contributed by atoms with van der Waals surface area (Å²) in [5.41, 5.74) is 6.77. The molecule has 3 heterocycles. The van der Waals surface area contributed by atoms with Crippen LogP contribution >= 0.6 is 0 Å². The highest BCUT2D eigenvalue weighted by molar-refractivity contribution is 5.95. The fourth-order valence-electron chi connectivity index (χ4n) is 3.05. The molecule has 114 valence electrons. The molecule has 0 amide bonds. The average Bonchev–Trinajstić information content (AvgIpc) is 3.18. The number of fused-ring (bicyclic) bond motifs is 3. The molecule has 0 bridgehead atoms. The van der Waals surface area contributed by atoms with Crippen LogP contribution in [0.2, 0.25) is 0 Å². The molecule has 3 aromatic heterocycles. The fourth-order valence-corrected chi connectivity index (χ4v) is 3.05. The van der Waals surface area contributed by atoms with Gasteiger partial charge in [-0.05, 0) is 18.9 Å². The van der Waals surface area contributed by atoms with Gasteiger partial charge in [-0.25, -0.2) is 9.97 Å². The molecule has 1 N–H and O–H groups in total. The Kier molecular flexibility index (Phi) is 3.01. The molecule has 4 aromatic rings. The zero-order valence-electron chi connectivity index (χ0n) is 13.0. The van der Waals surface area contributed by atoms with Gasteiger partial charge in [-0.2, -0.15) is 0 Å². The van der Waals surface area contributed by atoms with Crippen molar-refractivity contribution in [1.82, 2.24) is 19.4 Å². The van der Waals surface area contributed by atoms with E-state index in [9.17, 15) is 4.79 Å². The van der Waals surface area contributed by atoms with Gasteiger partial charge in [-0.15, -0.1) is 0 Å². The third kappa shape index (κ3) is 2.04. The summed E-state index contributed by atoms with van der Waals surface area (Å²) in [6, 6.07) is 7.68. The molecule has 0 spiro atoms. The third-order valence-electron chi connectivity index (χ3n) is 4.21. The molecular weight excluding hydrogens is 288 g/mol. The number of Topliss-reactive ketones (excluding diaryl/α,β-unsaturated/α-hetero) is 1. The lowest BCUT2D eigenvalue weighted by Gasteiger charge is -2.04. The normalized spacial score (nSPS) is 11.4. The second kappa shape index (κ2) is 5.05. The van der Waals surface area contributed by atoms with Crippen LogP contribution in [0.15, 0.2) is 42.9 Å². The number of H-pyrrole nitrogens is 1. The summed E-state index contributed by atoms with van der Waals surface area (Å²) in [4.78, 5) is 23.7. The Morgan fingerprint density at radius 1 is 1.22 bits per heavy atom. The van der Waals surface area contributed by atoms with Crippen molar-refractivity contribution in [2.75, 3.05) is 0 Å². The number of rotatable bonds is 3. The molecule has 0 saturated heterocycles. The fraction of sp³-hybridized carbons (Fsp3) is 0.167. The highest BCUT2D eigenvalue weighted by Crippen LogP contribution is 2.30. The van der Waals surface area contributed by atoms with Gasteiger partial charge in [0.15, 0.2) is 17.1 Å². The topological polar surface area (TPSA) is 63.0 Å². The van der Waals surface area contributed by atoms with Crippen molar-refractivity contribution in [1.29, 1.82) is 0 Å². The minimum Gasteiger partial charge on any atom is -0.338 e. The second-order valence-electron chi connectivity index (χ2n) is 5.58. The first-order chi connectivity index (χ1) is 11.2. The number of aromatic amines is 1. The van der Waals surface area contributed by atoms with Gasteiger partial charge in [0, 0.05) is 23.5 Å². The Hall–Kier alpha value is -2.95. The Morgan fingerprint density at radius 2 is 2.00 bits per heavy atom. The van der Waals surface area contributed by atoms with E-state index in [-0.39, 0.29) is 5.78 Å². The zero-order valence-corrected chi connectivity index (χ0v) is 13.0. The van der Waals surface area contributed by atoms with Crippen molar-refractivity contribution < 1.29 is 4.79 Å². The zero-order chi connectivity index (χ0) is 16.0. The molecule has 0 radical (unpaired) electrons. The van der Waals surface area contributed by atoms with Crippen LogP contribution in [0.5, 0.6) is 0 Å². The van der Waals surface area contributed by atoms with Crippen molar-refractivity contribution in [3.63, 3.8) is 0 Å². The number of hydrogen-bond acceptors (Lipinski definition) is 3. The SMILES string of the molecule is CCc1c(-c2ccc(C(C)=O)cc2)[nH]c2ncc3nccn3c12. The third-order valence-corrected chi connectivity index (χ3v) is 4.21. The first-order valence-electron chi connectivity index (χ1n) is 7.63. The van der Waals surface area contributed by atoms with Crippen LogP contribution in [0.4, 0.5) is 0 Å². The molecule has 1 aromatic carbocycles. The molecule has 0 fully saturated rings. The minimum absolute atomic E-state index is 0.0747. The number of benzene rings is 1. The molecular formula is C18H16N4O. The number of carbonyl (C=O) groups excluding carboxylic acids is 1. The summed E-state index contributed by atoms with van der Waals surface area (Å²) >= 11 is 0. The molecule has 0 unspecified atom stereocenters. The van der Waals surface area contributed by atoms with E-state index in [1.165, 1.54) is 5.56 Å². The number of aromatic nitrogens is 4. The number of ketones is 1. The van der Waals surface area contributed by atoms with E-state index in [1.807, 2.05) is 30.5 Å². The van der Waals surface area contributed by atoms with Crippen LogP contribution in [-0.2, 0) is 6.42 Å². The van der Waals surface area contributed by atoms with Crippen molar-refractivity contribution in [2.24, 2.45) is 0 Å². The largest absolute Gasteiger partial charge is 0.338 e. The molecule has 0 atom stereocenters. The summed E-state index contributed by atoms with van der Waals surface area (Å²) in [5, 5.41) is 0. The summed E-state index contributed by atoms with van der Waals surface area (Å²) in [7, 11) is 0. The smallest absolute Gasteiger partial charge is 0.159 e. The van der Waals surface area contributed by atoms with E-state index in [2.05, 4.69) is 26.3 Å². The van der Waals surface area contributed by atoms with Crippen LogP contribution < -0.4 is 0 Å². The van der Waals surface area contributed by atoms with Gasteiger partial charge in [-0.1, -0.05) is 31.2 Å². The summed E-state index contributed by atoms with van der Waals surface area (Å²) in [6.45, 7) is 3.71. The Morgan fingerprint density at radius 3 is 2.70 bits per heavy atom. The number of hydrogen-bond donors (Lipinski definition) is 1. The minimum atomic E-state index is 0.0747. The van der Waals surface area contributed by atoms with Gasteiger partial charge in [0.25, 0.3) is 0 Å². The van der Waals surface area contributed by atoms with Crippen molar-refractivity contribution in [2.45, 2.75) is 20.3 Å². The highest BCUT2D eigenvalue weighted by atomic mass is 16.1. The first kappa shape index (κ1) is 13.7. The lowest BCUT2D eigenvalue weighted by Crippen LogP contribution is -1.92. The molecule has 5 nitrogen and oxygen atoms in total. The van der Waals surface area contributed by atoms with Crippen LogP contribution in [-0.4, -0.2) is 25.1 Å². The average molecular weight is 304 g/mol. The van der Waals surface area contributed by atoms with E-state index in [0.29, 0.717) is 0 Å². The van der Waals surface area contributed by atoms with Gasteiger partial charge < -0.3 is 4.98 Å². The number of carbonyl (C=O) groups is 1. The molecule has 5 heteroatoms. The van der Waals surface area contributed by atoms with Gasteiger partial charge in [0.05, 0.1) is 17.4 Å². The van der Waals surface area contributed by atoms with Crippen LogP contribution in [0.3, 0.4) is 0 Å². The first-order valence-corrected chi connectivity index (χ1v) is 7.63. The Bertz CT molecular complexity index is 1020. The highest BCUT2D eigenvalue weighted by Gasteiger charge is 2.15. The standard InChI is InChI=1S/C18H16N4O/c1-3-14-16(13-6-4-12(5-7-13)11(2)23)21-18-17(14)22-9-8-19-15(22)10-20-18/h4-10,21H,3H2,1-2H3. The Balaban J connectivity index is 1.97. The monoisotopic (exact) mass is 304 g/mol. The van der Waals surface area contributed by atoms with Crippen molar-refractivity contribution >= 4 is 22.6 Å². The summed E-state index contributed by atoms with van der Waals surface area (Å²) in [5.74, 6) is 0.0747. The Labute approximate surface area is 133 Å². The molecule has 0 aliphatic heterocycles. The van der Waals surface area contributed by atoms with Gasteiger partial charge in [0.2, 0.25) is 0 Å². The number of aryl methyl sites for hydroxylation is 1. The number of nitrogens with one attached hydrogen (secondary N) is 1. The van der Waals surface area contributed by atoms with Crippen molar-refractivity contribution in [3.8, 4) is 11.3 Å². The van der Waals surface area contributed by atoms with Crippen LogP contribution in [0.1, 0.15) is 29.8 Å². The van der Waals surface area contributed by atoms with Gasteiger partial charge in [0.1, 0.15) is 0 Å². The van der Waals surface area contributed by atoms with Crippen LogP contribution in [0.25, 0.3) is 28.1 Å². The number of imidazole rings is 1. The number of nitrogens with zero attached hydrogens (tertiary/aromatic N) is 3. The maximum absolute atomic E-state index is 11.4. The molecule has 0 aliphatic rings. The van der Waals surface area contributed by atoms with Crippen molar-refractivity contribution in [3.05, 3.63) is 54.0 Å². The molecule has 23 heavy (non-hydrogen) atoms. The maximum Gasteiger partial charge on any atom is 0.159 e. The van der Waals surface area contributed by atoms with E-state index < -0.39 is 0 Å². The van der Waals surface area contributed by atoms with E-state index in [1.54, 1.807) is 19.3 Å². The van der Waals surface area contributed by atoms with E-state index in [4.69, 9.17) is 0 Å². The molecule has 0 saturated carbocycles. The quantitative estimate of drug-likeness (QED) is 0.588. The van der Waals surface area contributed by atoms with E-state index >= 15 is 0 Å². The van der Waals surface area contributed by atoms with E-state index in [0.717, 1.165) is 40.1 Å². The predicted octanol–water partition coefficient (Wildman–Crippen LogP) is 3.64. The molecule has 0 aliphatic carbocycles.